The number of rotatable bonds is 5. The van der Waals surface area contributed by atoms with Crippen LogP contribution in [0.5, 0.6) is 0 Å². The highest BCUT2D eigenvalue weighted by Crippen LogP contribution is 2.44. The molecule has 4 nitrogen and oxygen atoms in total. The van der Waals surface area contributed by atoms with Gasteiger partial charge >= 0.3 is 0 Å². The standard InChI is InChI=1S/C55H38N4/c1-55(2)32-31-45-52(44-23-9-8-20-41(44)40-24-14-16-35-15-6-7-19-39(35)40)56-54(57-53(45)55)59-49-26-13-11-22-43(49)47-34-37(28-30-51(47)59)36-27-29-50-46(33-36)42-21-10-12-25-48(42)58(50)38-17-4-3-5-18-38/h3-34H,1-2H3. The molecule has 3 aromatic heterocycles. The van der Waals surface area contributed by atoms with Crippen LogP contribution in [0.15, 0.2) is 188 Å². The summed E-state index contributed by atoms with van der Waals surface area (Å²) in [6.07, 6.45) is 4.49. The van der Waals surface area contributed by atoms with E-state index >= 15 is 0 Å². The van der Waals surface area contributed by atoms with Crippen LogP contribution in [-0.4, -0.2) is 19.1 Å². The van der Waals surface area contributed by atoms with E-state index in [-0.39, 0.29) is 5.41 Å². The molecular weight excluding hydrogens is 717 g/mol. The monoisotopic (exact) mass is 754 g/mol. The van der Waals surface area contributed by atoms with E-state index in [1.165, 1.54) is 60.0 Å². The summed E-state index contributed by atoms with van der Waals surface area (Å²) in [6.45, 7) is 4.50. The van der Waals surface area contributed by atoms with Crippen LogP contribution in [-0.2, 0) is 5.41 Å². The van der Waals surface area contributed by atoms with Gasteiger partial charge in [0.2, 0.25) is 5.95 Å². The van der Waals surface area contributed by atoms with E-state index in [1.54, 1.807) is 0 Å². The second-order valence-corrected chi connectivity index (χ2v) is 16.3. The van der Waals surface area contributed by atoms with Gasteiger partial charge in [-0.3, -0.25) is 4.57 Å². The summed E-state index contributed by atoms with van der Waals surface area (Å²) >= 11 is 0. The average Bonchev–Trinajstić information content (AvgIpc) is 3.92. The van der Waals surface area contributed by atoms with Gasteiger partial charge in [-0.2, -0.15) is 0 Å². The summed E-state index contributed by atoms with van der Waals surface area (Å²) in [6, 6.07) is 65.7. The molecule has 0 amide bonds. The second-order valence-electron chi connectivity index (χ2n) is 16.3. The maximum atomic E-state index is 5.56. The van der Waals surface area contributed by atoms with E-state index in [0.29, 0.717) is 5.95 Å². The van der Waals surface area contributed by atoms with Crippen LogP contribution in [0.2, 0.25) is 0 Å². The lowest BCUT2D eigenvalue weighted by atomic mass is 9.89. The van der Waals surface area contributed by atoms with Gasteiger partial charge in [0.25, 0.3) is 0 Å². The largest absolute Gasteiger partial charge is 0.309 e. The number of hydrogen-bond donors (Lipinski definition) is 0. The van der Waals surface area contributed by atoms with Crippen LogP contribution < -0.4 is 0 Å². The Kier molecular flexibility index (Phi) is 7.24. The zero-order valence-electron chi connectivity index (χ0n) is 32.8. The van der Waals surface area contributed by atoms with E-state index < -0.39 is 0 Å². The van der Waals surface area contributed by atoms with E-state index in [9.17, 15) is 0 Å². The number of fused-ring (bicyclic) bond motifs is 8. The van der Waals surface area contributed by atoms with Crippen molar-refractivity contribution < 1.29 is 0 Å². The molecule has 0 radical (unpaired) electrons. The number of aromatic nitrogens is 4. The van der Waals surface area contributed by atoms with E-state index in [4.69, 9.17) is 9.97 Å². The van der Waals surface area contributed by atoms with Crippen LogP contribution in [0.4, 0.5) is 0 Å². The zero-order valence-corrected chi connectivity index (χ0v) is 32.8. The molecule has 0 atom stereocenters. The Bertz CT molecular complexity index is 3520. The minimum Gasteiger partial charge on any atom is -0.309 e. The lowest BCUT2D eigenvalue weighted by Crippen LogP contribution is -2.17. The third-order valence-electron chi connectivity index (χ3n) is 12.4. The van der Waals surface area contributed by atoms with E-state index in [2.05, 4.69) is 217 Å². The zero-order chi connectivity index (χ0) is 39.2. The first-order valence-corrected chi connectivity index (χ1v) is 20.3. The highest BCUT2D eigenvalue weighted by atomic mass is 15.2. The molecule has 0 spiro atoms. The van der Waals surface area contributed by atoms with Crippen molar-refractivity contribution in [2.75, 3.05) is 0 Å². The molecule has 1 aliphatic rings. The highest BCUT2D eigenvalue weighted by Gasteiger charge is 2.32. The van der Waals surface area contributed by atoms with Crippen molar-refractivity contribution in [1.82, 2.24) is 19.1 Å². The van der Waals surface area contributed by atoms with Gasteiger partial charge in [0.15, 0.2) is 0 Å². The van der Waals surface area contributed by atoms with Crippen LogP contribution in [0.3, 0.4) is 0 Å². The number of para-hydroxylation sites is 3. The SMILES string of the molecule is CC1(C)C=Cc2c(-c3ccccc3-c3cccc4ccccc34)nc(-n3c4ccccc4c4cc(-c5ccc6c(c5)c5ccccc5n6-c5ccccc5)ccc43)nc21. The molecule has 1 aliphatic carbocycles. The third kappa shape index (κ3) is 5.09. The molecule has 0 saturated carbocycles. The normalized spacial score (nSPS) is 13.3. The summed E-state index contributed by atoms with van der Waals surface area (Å²) in [5, 5.41) is 7.27. The van der Waals surface area contributed by atoms with Crippen molar-refractivity contribution in [3.05, 3.63) is 199 Å². The fourth-order valence-electron chi connectivity index (χ4n) is 9.54. The molecule has 8 aromatic carbocycles. The van der Waals surface area contributed by atoms with E-state index in [0.717, 1.165) is 44.8 Å². The summed E-state index contributed by atoms with van der Waals surface area (Å²) in [5.41, 5.74) is 14.3. The molecule has 11 aromatic rings. The van der Waals surface area contributed by atoms with Crippen molar-refractivity contribution >= 4 is 60.5 Å². The first-order valence-electron chi connectivity index (χ1n) is 20.3. The lowest BCUT2D eigenvalue weighted by Gasteiger charge is -2.21. The molecule has 278 valence electrons. The summed E-state index contributed by atoms with van der Waals surface area (Å²) in [5.74, 6) is 0.678. The molecule has 0 fully saturated rings. The molecule has 0 unspecified atom stereocenters. The Labute approximate surface area is 342 Å². The molecule has 12 rings (SSSR count). The third-order valence-corrected chi connectivity index (χ3v) is 12.4. The van der Waals surface area contributed by atoms with Gasteiger partial charge in [-0.15, -0.1) is 0 Å². The smallest absolute Gasteiger partial charge is 0.235 e. The van der Waals surface area contributed by atoms with Gasteiger partial charge in [-0.25, -0.2) is 9.97 Å². The fraction of sp³-hybridized carbons (Fsp3) is 0.0545. The maximum Gasteiger partial charge on any atom is 0.235 e. The highest BCUT2D eigenvalue weighted by molar-refractivity contribution is 6.13. The minimum absolute atomic E-state index is 0.260. The Morgan fingerprint density at radius 2 is 0.966 bits per heavy atom. The topological polar surface area (TPSA) is 35.6 Å². The number of hydrogen-bond acceptors (Lipinski definition) is 2. The molecule has 3 heterocycles. The fourth-order valence-corrected chi connectivity index (χ4v) is 9.54. The van der Waals surface area contributed by atoms with Crippen LogP contribution in [0.1, 0.15) is 25.1 Å². The van der Waals surface area contributed by atoms with E-state index in [1.807, 2.05) is 0 Å². The van der Waals surface area contributed by atoms with Crippen LogP contribution in [0, 0.1) is 0 Å². The second kappa shape index (κ2) is 12.7. The quantitative estimate of drug-likeness (QED) is 0.175. The Hall–Kier alpha value is -7.56. The molecule has 0 saturated heterocycles. The average molecular weight is 755 g/mol. The molecule has 0 bridgehead atoms. The van der Waals surface area contributed by atoms with Gasteiger partial charge in [-0.1, -0.05) is 159 Å². The summed E-state index contributed by atoms with van der Waals surface area (Å²) in [7, 11) is 0. The lowest BCUT2D eigenvalue weighted by molar-refractivity contribution is 0.651. The molecule has 0 N–H and O–H groups in total. The molecule has 59 heavy (non-hydrogen) atoms. The molecular formula is C55H38N4. The van der Waals surface area contributed by atoms with Crippen molar-refractivity contribution in [1.29, 1.82) is 0 Å². The van der Waals surface area contributed by atoms with Gasteiger partial charge in [0, 0.05) is 43.8 Å². The van der Waals surface area contributed by atoms with Crippen molar-refractivity contribution in [2.24, 2.45) is 0 Å². The van der Waals surface area contributed by atoms with Crippen LogP contribution >= 0.6 is 0 Å². The first-order chi connectivity index (χ1) is 29.0. The summed E-state index contributed by atoms with van der Waals surface area (Å²) in [4.78, 5) is 11.0. The van der Waals surface area contributed by atoms with Gasteiger partial charge in [-0.05, 0) is 81.6 Å². The van der Waals surface area contributed by atoms with Gasteiger partial charge in [0.05, 0.1) is 33.5 Å². The van der Waals surface area contributed by atoms with Gasteiger partial charge in [0.1, 0.15) is 0 Å². The number of allylic oxidation sites excluding steroid dienone is 1. The van der Waals surface area contributed by atoms with Crippen LogP contribution in [0.25, 0.3) is 106 Å². The Morgan fingerprint density at radius 1 is 0.424 bits per heavy atom. The number of nitrogens with zero attached hydrogens (tertiary/aromatic N) is 4. The van der Waals surface area contributed by atoms with Crippen molar-refractivity contribution in [3.8, 4) is 45.1 Å². The minimum atomic E-state index is -0.260. The predicted octanol–water partition coefficient (Wildman–Crippen LogP) is 14.1. The molecule has 4 heteroatoms. The number of benzene rings is 8. The van der Waals surface area contributed by atoms with Crippen molar-refractivity contribution in [3.63, 3.8) is 0 Å². The van der Waals surface area contributed by atoms with Gasteiger partial charge < -0.3 is 4.57 Å². The Balaban J connectivity index is 1.06. The van der Waals surface area contributed by atoms with Crippen molar-refractivity contribution in [2.45, 2.75) is 19.3 Å². The maximum absolute atomic E-state index is 5.56. The summed E-state index contributed by atoms with van der Waals surface area (Å²) < 4.78 is 4.64. The Morgan fingerprint density at radius 3 is 1.69 bits per heavy atom. The molecule has 0 aliphatic heterocycles. The predicted molar refractivity (Wildman–Crippen MR) is 247 cm³/mol. The first kappa shape index (κ1) is 33.6.